The van der Waals surface area contributed by atoms with Gasteiger partial charge in [-0.1, -0.05) is 11.3 Å². The normalized spacial score (nSPS) is 13.8. The third kappa shape index (κ3) is 2.74. The van der Waals surface area contributed by atoms with E-state index in [1.54, 1.807) is 36.9 Å². The van der Waals surface area contributed by atoms with Crippen LogP contribution in [0.15, 0.2) is 12.1 Å². The lowest BCUT2D eigenvalue weighted by atomic mass is 10.0. The molecule has 120 valence electrons. The lowest BCUT2D eigenvalue weighted by Gasteiger charge is -2.06. The summed E-state index contributed by atoms with van der Waals surface area (Å²) in [4.78, 5) is 10.8. The Hall–Kier alpha value is -1.86. The van der Waals surface area contributed by atoms with Crippen LogP contribution in [-0.2, 0) is 12.8 Å². The number of thiazole rings is 2. The fourth-order valence-electron chi connectivity index (χ4n) is 2.80. The fraction of sp³-hybridized carbons (Fsp3) is 0.375. The van der Waals surface area contributed by atoms with Gasteiger partial charge in [0.2, 0.25) is 0 Å². The predicted molar refractivity (Wildman–Crippen MR) is 94.8 cm³/mol. The third-order valence-corrected chi connectivity index (χ3v) is 5.94. The molecule has 3 aromatic rings. The standard InChI is InChI=1S/C16H17N3O2S2/c1-20-9-7-11(21-2)14-13(8-9)23-16(18-14)19-15-17-10-5-3-4-6-12(10)22-15/h7-8H,3-6H2,1-2H3,(H,17,18,19). The van der Waals surface area contributed by atoms with Gasteiger partial charge in [-0.05, 0) is 31.7 Å². The van der Waals surface area contributed by atoms with Crippen molar-refractivity contribution >= 4 is 43.2 Å². The van der Waals surface area contributed by atoms with Gasteiger partial charge in [-0.15, -0.1) is 11.3 Å². The average molecular weight is 347 g/mol. The third-order valence-electron chi connectivity index (χ3n) is 3.95. The Morgan fingerprint density at radius 1 is 1.00 bits per heavy atom. The molecule has 1 aliphatic rings. The van der Waals surface area contributed by atoms with Gasteiger partial charge in [0.1, 0.15) is 17.0 Å². The Kier molecular flexibility index (Phi) is 3.82. The van der Waals surface area contributed by atoms with Crippen molar-refractivity contribution in [1.29, 1.82) is 0 Å². The molecule has 23 heavy (non-hydrogen) atoms. The number of methoxy groups -OCH3 is 2. The van der Waals surface area contributed by atoms with Gasteiger partial charge in [0, 0.05) is 10.9 Å². The van der Waals surface area contributed by atoms with E-state index in [2.05, 4.69) is 10.3 Å². The molecule has 2 heterocycles. The maximum Gasteiger partial charge on any atom is 0.190 e. The number of aryl methyl sites for hydroxylation is 2. The second-order valence-corrected chi connectivity index (χ2v) is 7.53. The number of hydrogen-bond donors (Lipinski definition) is 1. The van der Waals surface area contributed by atoms with E-state index >= 15 is 0 Å². The molecule has 4 rings (SSSR count). The summed E-state index contributed by atoms with van der Waals surface area (Å²) in [6, 6.07) is 3.83. The smallest absolute Gasteiger partial charge is 0.190 e. The topological polar surface area (TPSA) is 56.3 Å². The molecule has 5 nitrogen and oxygen atoms in total. The molecule has 7 heteroatoms. The van der Waals surface area contributed by atoms with Gasteiger partial charge < -0.3 is 14.8 Å². The van der Waals surface area contributed by atoms with Crippen LogP contribution in [0.25, 0.3) is 10.2 Å². The summed E-state index contributed by atoms with van der Waals surface area (Å²) in [6.45, 7) is 0. The van der Waals surface area contributed by atoms with Crippen LogP contribution >= 0.6 is 22.7 Å². The SMILES string of the molecule is COc1cc(OC)c2nc(Nc3nc4c(s3)CCCC4)sc2c1. The van der Waals surface area contributed by atoms with Crippen LogP contribution in [-0.4, -0.2) is 24.2 Å². The van der Waals surface area contributed by atoms with Crippen LogP contribution in [0.3, 0.4) is 0 Å². The first kappa shape index (κ1) is 14.7. The Morgan fingerprint density at radius 2 is 1.83 bits per heavy atom. The summed E-state index contributed by atoms with van der Waals surface area (Å²) in [5.74, 6) is 1.50. The summed E-state index contributed by atoms with van der Waals surface area (Å²) in [5.41, 5.74) is 2.10. The van der Waals surface area contributed by atoms with E-state index < -0.39 is 0 Å². The van der Waals surface area contributed by atoms with Crippen molar-refractivity contribution in [2.24, 2.45) is 0 Å². The molecular formula is C16H17N3O2S2. The first-order chi connectivity index (χ1) is 11.3. The second kappa shape index (κ2) is 5.98. The summed E-state index contributed by atoms with van der Waals surface area (Å²) in [7, 11) is 3.30. The molecule has 0 aliphatic heterocycles. The van der Waals surface area contributed by atoms with E-state index in [0.29, 0.717) is 0 Å². The van der Waals surface area contributed by atoms with Gasteiger partial charge in [0.05, 0.1) is 24.6 Å². The van der Waals surface area contributed by atoms with Gasteiger partial charge in [-0.3, -0.25) is 0 Å². The van der Waals surface area contributed by atoms with Crippen molar-refractivity contribution in [2.45, 2.75) is 25.7 Å². The number of aromatic nitrogens is 2. The number of anilines is 2. The maximum absolute atomic E-state index is 5.42. The van der Waals surface area contributed by atoms with E-state index in [0.717, 1.165) is 44.8 Å². The number of rotatable bonds is 4. The molecule has 0 bridgehead atoms. The lowest BCUT2D eigenvalue weighted by Crippen LogP contribution is -1.99. The molecule has 0 unspecified atom stereocenters. The first-order valence-electron chi connectivity index (χ1n) is 7.55. The molecular weight excluding hydrogens is 330 g/mol. The van der Waals surface area contributed by atoms with Gasteiger partial charge in [-0.25, -0.2) is 9.97 Å². The highest BCUT2D eigenvalue weighted by Crippen LogP contribution is 2.38. The zero-order valence-electron chi connectivity index (χ0n) is 13.0. The summed E-state index contributed by atoms with van der Waals surface area (Å²) in [6.07, 6.45) is 4.76. The number of ether oxygens (including phenoxy) is 2. The number of benzene rings is 1. The largest absolute Gasteiger partial charge is 0.497 e. The van der Waals surface area contributed by atoms with Crippen molar-refractivity contribution in [2.75, 3.05) is 19.5 Å². The first-order valence-corrected chi connectivity index (χ1v) is 9.18. The minimum atomic E-state index is 0.724. The summed E-state index contributed by atoms with van der Waals surface area (Å²) in [5, 5.41) is 5.12. The van der Waals surface area contributed by atoms with Gasteiger partial charge in [0.25, 0.3) is 0 Å². The molecule has 1 N–H and O–H groups in total. The summed E-state index contributed by atoms with van der Waals surface area (Å²) < 4.78 is 11.8. The number of hydrogen-bond acceptors (Lipinski definition) is 7. The van der Waals surface area contributed by atoms with Crippen LogP contribution in [0.1, 0.15) is 23.4 Å². The Bertz CT molecular complexity index is 833. The van der Waals surface area contributed by atoms with Crippen LogP contribution in [0.5, 0.6) is 11.5 Å². The van der Waals surface area contributed by atoms with E-state index in [1.165, 1.54) is 23.4 Å². The van der Waals surface area contributed by atoms with Crippen molar-refractivity contribution in [1.82, 2.24) is 9.97 Å². The molecule has 0 fully saturated rings. The molecule has 1 aliphatic carbocycles. The van der Waals surface area contributed by atoms with Gasteiger partial charge in [0.15, 0.2) is 10.3 Å². The Labute approximate surface area is 142 Å². The molecule has 0 spiro atoms. The Balaban J connectivity index is 1.67. The van der Waals surface area contributed by atoms with Crippen LogP contribution in [0, 0.1) is 0 Å². The quantitative estimate of drug-likeness (QED) is 0.758. The van der Waals surface area contributed by atoms with Crippen LogP contribution < -0.4 is 14.8 Å². The van der Waals surface area contributed by atoms with E-state index in [1.807, 2.05) is 12.1 Å². The zero-order chi connectivity index (χ0) is 15.8. The molecule has 2 aromatic heterocycles. The van der Waals surface area contributed by atoms with E-state index in [9.17, 15) is 0 Å². The molecule has 0 amide bonds. The van der Waals surface area contributed by atoms with Crippen LogP contribution in [0.2, 0.25) is 0 Å². The monoisotopic (exact) mass is 347 g/mol. The van der Waals surface area contributed by atoms with Gasteiger partial charge >= 0.3 is 0 Å². The highest BCUT2D eigenvalue weighted by Gasteiger charge is 2.17. The number of nitrogens with one attached hydrogen (secondary N) is 1. The van der Waals surface area contributed by atoms with Crippen molar-refractivity contribution in [3.63, 3.8) is 0 Å². The van der Waals surface area contributed by atoms with Crippen LogP contribution in [0.4, 0.5) is 10.3 Å². The average Bonchev–Trinajstić information content (AvgIpc) is 3.16. The molecule has 0 atom stereocenters. The van der Waals surface area contributed by atoms with Crippen molar-refractivity contribution in [3.05, 3.63) is 22.7 Å². The molecule has 0 saturated carbocycles. The highest BCUT2D eigenvalue weighted by atomic mass is 32.1. The van der Waals surface area contributed by atoms with E-state index in [4.69, 9.17) is 14.5 Å². The van der Waals surface area contributed by atoms with Gasteiger partial charge in [-0.2, -0.15) is 0 Å². The number of nitrogens with zero attached hydrogens (tertiary/aromatic N) is 2. The minimum absolute atomic E-state index is 0.724. The Morgan fingerprint density at radius 3 is 2.61 bits per heavy atom. The number of fused-ring (bicyclic) bond motifs is 2. The lowest BCUT2D eigenvalue weighted by molar-refractivity contribution is 0.397. The fourth-order valence-corrected chi connectivity index (χ4v) is 4.82. The highest BCUT2D eigenvalue weighted by molar-refractivity contribution is 7.22. The molecule has 1 aromatic carbocycles. The maximum atomic E-state index is 5.42. The zero-order valence-corrected chi connectivity index (χ0v) is 14.6. The molecule has 0 radical (unpaired) electrons. The minimum Gasteiger partial charge on any atom is -0.497 e. The second-order valence-electron chi connectivity index (χ2n) is 5.42. The molecule has 0 saturated heterocycles. The van der Waals surface area contributed by atoms with Crippen molar-refractivity contribution in [3.8, 4) is 11.5 Å². The van der Waals surface area contributed by atoms with E-state index in [-0.39, 0.29) is 0 Å². The summed E-state index contributed by atoms with van der Waals surface area (Å²) >= 11 is 3.33. The predicted octanol–water partition coefficient (Wildman–Crippen LogP) is 4.39. The van der Waals surface area contributed by atoms with Crippen molar-refractivity contribution < 1.29 is 9.47 Å².